The number of carbonyl (C=O) groups excluding carboxylic acids is 2. The summed E-state index contributed by atoms with van der Waals surface area (Å²) < 4.78 is 0. The van der Waals surface area contributed by atoms with Crippen LogP contribution in [0.15, 0.2) is 61.1 Å². The normalized spacial score (nSPS) is 15.1. The average molecular weight is 432 g/mol. The van der Waals surface area contributed by atoms with Crippen molar-refractivity contribution in [1.29, 1.82) is 0 Å². The number of piperazine rings is 1. The molecule has 1 fully saturated rings. The Kier molecular flexibility index (Phi) is 6.63. The Morgan fingerprint density at radius 1 is 1.00 bits per heavy atom. The Bertz CT molecular complexity index is 1070. The van der Waals surface area contributed by atoms with Crippen molar-refractivity contribution in [3.05, 3.63) is 66.6 Å². The van der Waals surface area contributed by atoms with Crippen molar-refractivity contribution in [2.75, 3.05) is 31.1 Å². The van der Waals surface area contributed by atoms with Crippen LogP contribution < -0.4 is 10.2 Å². The molecule has 0 aliphatic carbocycles. The fourth-order valence-electron chi connectivity index (χ4n) is 4.16. The predicted molar refractivity (Wildman–Crippen MR) is 125 cm³/mol. The Labute approximate surface area is 188 Å². The Balaban J connectivity index is 1.39. The molecule has 1 saturated heterocycles. The minimum absolute atomic E-state index is 0.00279. The van der Waals surface area contributed by atoms with E-state index in [1.807, 2.05) is 61.2 Å². The molecular weight excluding hydrogens is 402 g/mol. The Morgan fingerprint density at radius 3 is 2.47 bits per heavy atom. The minimum Gasteiger partial charge on any atom is -0.352 e. The number of aromatic nitrogens is 2. The summed E-state index contributed by atoms with van der Waals surface area (Å²) >= 11 is 0. The van der Waals surface area contributed by atoms with Gasteiger partial charge >= 0.3 is 0 Å². The Hall–Kier alpha value is -3.48. The number of fused-ring (bicyclic) bond motifs is 1. The lowest BCUT2D eigenvalue weighted by molar-refractivity contribution is -0.137. The zero-order valence-corrected chi connectivity index (χ0v) is 18.6. The van der Waals surface area contributed by atoms with E-state index in [0.717, 1.165) is 22.2 Å². The number of anilines is 1. The van der Waals surface area contributed by atoms with E-state index in [9.17, 15) is 9.59 Å². The van der Waals surface area contributed by atoms with Crippen molar-refractivity contribution in [3.63, 3.8) is 0 Å². The first-order valence-corrected chi connectivity index (χ1v) is 11.1. The van der Waals surface area contributed by atoms with Gasteiger partial charge in [0.1, 0.15) is 11.9 Å². The quantitative estimate of drug-likeness (QED) is 0.649. The van der Waals surface area contributed by atoms with E-state index in [1.165, 1.54) is 0 Å². The number of nitrogens with zero attached hydrogens (tertiary/aromatic N) is 4. The zero-order valence-electron chi connectivity index (χ0n) is 18.6. The summed E-state index contributed by atoms with van der Waals surface area (Å²) in [5, 5.41) is 5.18. The molecule has 0 bridgehead atoms. The second-order valence-corrected chi connectivity index (χ2v) is 8.48. The summed E-state index contributed by atoms with van der Waals surface area (Å²) in [6, 6.07) is 13.5. The van der Waals surface area contributed by atoms with Crippen molar-refractivity contribution in [2.24, 2.45) is 5.92 Å². The Morgan fingerprint density at radius 2 is 1.75 bits per heavy atom. The predicted octanol–water partition coefficient (Wildman–Crippen LogP) is 2.66. The number of carbonyl (C=O) groups is 2. The molecule has 7 heteroatoms. The van der Waals surface area contributed by atoms with Crippen molar-refractivity contribution < 1.29 is 9.59 Å². The molecule has 4 rings (SSSR count). The summed E-state index contributed by atoms with van der Waals surface area (Å²) in [7, 11) is 0. The number of rotatable bonds is 6. The summed E-state index contributed by atoms with van der Waals surface area (Å²) in [6.45, 7) is 6.52. The number of hydrogen-bond donors (Lipinski definition) is 1. The molecule has 0 radical (unpaired) electrons. The molecule has 0 unspecified atom stereocenters. The topological polar surface area (TPSA) is 78.4 Å². The van der Waals surface area contributed by atoms with Gasteiger partial charge in [-0.2, -0.15) is 0 Å². The summed E-state index contributed by atoms with van der Waals surface area (Å²) in [4.78, 5) is 38.6. The van der Waals surface area contributed by atoms with Gasteiger partial charge in [0.2, 0.25) is 11.8 Å². The lowest BCUT2D eigenvalue weighted by Gasteiger charge is -2.37. The van der Waals surface area contributed by atoms with Gasteiger partial charge in [0, 0.05) is 38.6 Å². The number of benzene rings is 2. The van der Waals surface area contributed by atoms with Gasteiger partial charge in [0.15, 0.2) is 0 Å². The maximum absolute atomic E-state index is 13.2. The minimum atomic E-state index is -0.541. The van der Waals surface area contributed by atoms with E-state index in [2.05, 4.69) is 20.2 Å². The SMILES string of the molecule is CC(C)[C@@H](NC(=O)Cc1cccc2ccccc12)C(=O)N1CCN(c2cnccn2)CC1. The van der Waals surface area contributed by atoms with Crippen LogP contribution in [0.4, 0.5) is 5.82 Å². The molecule has 1 N–H and O–H groups in total. The van der Waals surface area contributed by atoms with Gasteiger partial charge in [-0.15, -0.1) is 0 Å². The van der Waals surface area contributed by atoms with Crippen molar-refractivity contribution in [1.82, 2.24) is 20.2 Å². The molecule has 3 aromatic rings. The third-order valence-corrected chi connectivity index (χ3v) is 5.95. The number of nitrogens with one attached hydrogen (secondary N) is 1. The summed E-state index contributed by atoms with van der Waals surface area (Å²) in [5.41, 5.74) is 0.966. The summed E-state index contributed by atoms with van der Waals surface area (Å²) in [6.07, 6.45) is 5.31. The van der Waals surface area contributed by atoms with Gasteiger partial charge in [-0.3, -0.25) is 14.6 Å². The van der Waals surface area contributed by atoms with Gasteiger partial charge in [0.25, 0.3) is 0 Å². The van der Waals surface area contributed by atoms with E-state index in [1.54, 1.807) is 18.6 Å². The number of amides is 2. The molecule has 2 amide bonds. The van der Waals surface area contributed by atoms with Crippen molar-refractivity contribution in [2.45, 2.75) is 26.3 Å². The second-order valence-electron chi connectivity index (χ2n) is 8.48. The molecular formula is C25H29N5O2. The summed E-state index contributed by atoms with van der Waals surface area (Å²) in [5.74, 6) is 0.664. The molecule has 1 aliphatic heterocycles. The van der Waals surface area contributed by atoms with Crippen molar-refractivity contribution in [3.8, 4) is 0 Å². The van der Waals surface area contributed by atoms with Gasteiger partial charge in [-0.1, -0.05) is 56.3 Å². The van der Waals surface area contributed by atoms with Crippen LogP contribution in [0.5, 0.6) is 0 Å². The third-order valence-electron chi connectivity index (χ3n) is 5.95. The highest BCUT2D eigenvalue weighted by Gasteiger charge is 2.31. The average Bonchev–Trinajstić information content (AvgIpc) is 2.83. The van der Waals surface area contributed by atoms with Gasteiger partial charge < -0.3 is 15.1 Å². The lowest BCUT2D eigenvalue weighted by Crippen LogP contribution is -2.56. The maximum atomic E-state index is 13.2. The van der Waals surface area contributed by atoms with Gasteiger partial charge in [-0.25, -0.2) is 4.98 Å². The van der Waals surface area contributed by atoms with Crippen LogP contribution in [0.3, 0.4) is 0 Å². The maximum Gasteiger partial charge on any atom is 0.245 e. The third kappa shape index (κ3) is 4.88. The van der Waals surface area contributed by atoms with Crippen LogP contribution in [0.1, 0.15) is 19.4 Å². The van der Waals surface area contributed by atoms with Crippen LogP contribution in [-0.4, -0.2) is 58.9 Å². The van der Waals surface area contributed by atoms with E-state index < -0.39 is 6.04 Å². The molecule has 0 saturated carbocycles. The van der Waals surface area contributed by atoms with E-state index >= 15 is 0 Å². The highest BCUT2D eigenvalue weighted by atomic mass is 16.2. The molecule has 0 spiro atoms. The van der Waals surface area contributed by atoms with Crippen LogP contribution in [0.2, 0.25) is 0 Å². The van der Waals surface area contributed by atoms with Gasteiger partial charge in [0.05, 0.1) is 12.6 Å². The molecule has 32 heavy (non-hydrogen) atoms. The van der Waals surface area contributed by atoms with Crippen LogP contribution in [-0.2, 0) is 16.0 Å². The molecule has 1 atom stereocenters. The molecule has 1 aromatic heterocycles. The zero-order chi connectivity index (χ0) is 22.5. The second kappa shape index (κ2) is 9.77. The monoisotopic (exact) mass is 431 g/mol. The highest BCUT2D eigenvalue weighted by molar-refractivity contribution is 5.92. The molecule has 7 nitrogen and oxygen atoms in total. The first-order chi connectivity index (χ1) is 15.5. The van der Waals surface area contributed by atoms with Crippen molar-refractivity contribution >= 4 is 28.4 Å². The fourth-order valence-corrected chi connectivity index (χ4v) is 4.16. The standard InChI is InChI=1S/C25H29N5O2/c1-18(2)24(25(32)30-14-12-29(13-15-30)22-17-26-10-11-27-22)28-23(31)16-20-8-5-7-19-6-3-4-9-21(19)20/h3-11,17-18,24H,12-16H2,1-2H3,(H,28,31)/t24-/m1/s1. The first-order valence-electron chi connectivity index (χ1n) is 11.1. The van der Waals surface area contributed by atoms with E-state index in [-0.39, 0.29) is 24.2 Å². The lowest BCUT2D eigenvalue weighted by atomic mass is 9.99. The van der Waals surface area contributed by atoms with Crippen LogP contribution in [0.25, 0.3) is 10.8 Å². The molecule has 2 heterocycles. The number of hydrogen-bond acceptors (Lipinski definition) is 5. The smallest absolute Gasteiger partial charge is 0.245 e. The molecule has 1 aliphatic rings. The van der Waals surface area contributed by atoms with Crippen LogP contribution in [0, 0.1) is 5.92 Å². The van der Waals surface area contributed by atoms with Crippen LogP contribution >= 0.6 is 0 Å². The van der Waals surface area contributed by atoms with E-state index in [4.69, 9.17) is 0 Å². The van der Waals surface area contributed by atoms with Gasteiger partial charge in [-0.05, 0) is 22.3 Å². The van der Waals surface area contributed by atoms with E-state index in [0.29, 0.717) is 26.2 Å². The largest absolute Gasteiger partial charge is 0.352 e. The fraction of sp³-hybridized carbons (Fsp3) is 0.360. The first kappa shape index (κ1) is 21.7. The molecule has 166 valence electrons. The highest BCUT2D eigenvalue weighted by Crippen LogP contribution is 2.19. The molecule has 2 aromatic carbocycles.